The Hall–Kier alpha value is -1.91. The van der Waals surface area contributed by atoms with E-state index in [1.165, 1.54) is 0 Å². The zero-order chi connectivity index (χ0) is 31.7. The van der Waals surface area contributed by atoms with Gasteiger partial charge in [-0.3, -0.25) is 0 Å². The average molecular weight is 647 g/mol. The molecule has 5 nitrogen and oxygen atoms in total. The maximum Gasteiger partial charge on any atom is 0.393 e. The fourth-order valence-electron chi connectivity index (χ4n) is 7.42. The zero-order valence-corrected chi connectivity index (χ0v) is 25.3. The van der Waals surface area contributed by atoms with Crippen LogP contribution in [-0.4, -0.2) is 54.5 Å². The van der Waals surface area contributed by atoms with Crippen molar-refractivity contribution in [1.82, 2.24) is 0 Å². The Morgan fingerprint density at radius 1 is 0.591 bits per heavy atom. The predicted octanol–water partition coefficient (Wildman–Crippen LogP) is 6.44. The van der Waals surface area contributed by atoms with Gasteiger partial charge < -0.3 is 25.5 Å². The second kappa shape index (κ2) is 13.4. The standard InChI is InChI=1S/C32H41F6N2O3P/c33-31(34,35)25-17-20(11-14-27(25)39)42-22-13-16-30(29(19-22)43-21-12-15-28(40)26(18-21)32(36,37)38)44(41,23-7-3-1-4-8-23)24-9-5-2-6-10-24/h1-10,20-22,25-30H,11-19,39-40H2. The molecule has 0 spiro atoms. The van der Waals surface area contributed by atoms with Gasteiger partial charge in [0.25, 0.3) is 0 Å². The molecule has 3 aliphatic carbocycles. The van der Waals surface area contributed by atoms with Gasteiger partial charge in [0.15, 0.2) is 0 Å². The van der Waals surface area contributed by atoms with Gasteiger partial charge in [0.2, 0.25) is 0 Å². The summed E-state index contributed by atoms with van der Waals surface area (Å²) in [6.07, 6.45) is -10.0. The Morgan fingerprint density at radius 3 is 1.45 bits per heavy atom. The lowest BCUT2D eigenvalue weighted by Gasteiger charge is -2.44. The largest absolute Gasteiger partial charge is 0.393 e. The molecule has 5 rings (SSSR count). The molecule has 0 saturated heterocycles. The molecule has 9 atom stereocenters. The molecule has 3 saturated carbocycles. The van der Waals surface area contributed by atoms with Crippen LogP contribution in [0.3, 0.4) is 0 Å². The third-order valence-corrected chi connectivity index (χ3v) is 13.4. The van der Waals surface area contributed by atoms with Crippen LogP contribution in [0.4, 0.5) is 26.3 Å². The van der Waals surface area contributed by atoms with Crippen LogP contribution in [0.2, 0.25) is 0 Å². The summed E-state index contributed by atoms with van der Waals surface area (Å²) in [5, 5.41) is 1.24. The van der Waals surface area contributed by atoms with Crippen molar-refractivity contribution in [2.75, 3.05) is 0 Å². The number of nitrogens with two attached hydrogens (primary N) is 2. The minimum absolute atomic E-state index is 0.141. The van der Waals surface area contributed by atoms with Crippen molar-refractivity contribution in [3.8, 4) is 0 Å². The molecular weight excluding hydrogens is 605 g/mol. The summed E-state index contributed by atoms with van der Waals surface area (Å²) >= 11 is 0. The number of halogens is 6. The number of benzene rings is 2. The number of hydrogen-bond acceptors (Lipinski definition) is 5. The Balaban J connectivity index is 1.43. The van der Waals surface area contributed by atoms with Gasteiger partial charge in [0.1, 0.15) is 7.14 Å². The Kier molecular flexibility index (Phi) is 10.2. The van der Waals surface area contributed by atoms with Crippen molar-refractivity contribution in [2.45, 2.75) is 112 Å². The number of rotatable bonds is 7. The quantitative estimate of drug-likeness (QED) is 0.267. The van der Waals surface area contributed by atoms with Crippen LogP contribution in [0.1, 0.15) is 57.8 Å². The van der Waals surface area contributed by atoms with Gasteiger partial charge in [-0.1, -0.05) is 60.7 Å². The molecule has 0 amide bonds. The molecule has 0 aromatic heterocycles. The van der Waals surface area contributed by atoms with Crippen LogP contribution < -0.4 is 22.1 Å². The molecule has 2 aromatic rings. The average Bonchev–Trinajstić information content (AvgIpc) is 2.98. The number of alkyl halides is 6. The smallest absolute Gasteiger partial charge is 0.375 e. The molecule has 4 N–H and O–H groups in total. The lowest BCUT2D eigenvalue weighted by molar-refractivity contribution is -0.206. The van der Waals surface area contributed by atoms with E-state index < -0.39 is 73.5 Å². The van der Waals surface area contributed by atoms with E-state index in [1.807, 2.05) is 12.1 Å². The van der Waals surface area contributed by atoms with Crippen LogP contribution in [0, 0.1) is 11.8 Å². The normalized spacial score (nSPS) is 34.0. The highest BCUT2D eigenvalue weighted by atomic mass is 31.2. The summed E-state index contributed by atoms with van der Waals surface area (Å²) in [7, 11) is -3.39. The zero-order valence-electron chi connectivity index (χ0n) is 24.4. The van der Waals surface area contributed by atoms with E-state index in [-0.39, 0.29) is 32.1 Å². The first-order valence-corrected chi connectivity index (χ1v) is 17.2. The predicted molar refractivity (Wildman–Crippen MR) is 157 cm³/mol. The molecule has 244 valence electrons. The van der Waals surface area contributed by atoms with E-state index in [4.69, 9.17) is 20.9 Å². The molecule has 3 aliphatic rings. The van der Waals surface area contributed by atoms with Crippen LogP contribution in [0.5, 0.6) is 0 Å². The summed E-state index contributed by atoms with van der Waals surface area (Å²) in [6, 6.07) is 16.1. The van der Waals surface area contributed by atoms with Gasteiger partial charge in [-0.15, -0.1) is 0 Å². The SMILES string of the molecule is NC1CCC(OC2CCC(P(=O)(c3ccccc3)c3ccccc3)C(OC3CCC(N)C(C(F)(F)F)C3)C2)CC1C(F)(F)F. The molecule has 0 aliphatic heterocycles. The number of ether oxygens (including phenoxy) is 2. The fourth-order valence-corrected chi connectivity index (χ4v) is 10.9. The van der Waals surface area contributed by atoms with Crippen molar-refractivity contribution < 1.29 is 40.4 Å². The van der Waals surface area contributed by atoms with Gasteiger partial charge in [-0.05, 0) is 51.4 Å². The van der Waals surface area contributed by atoms with Crippen molar-refractivity contribution >= 4 is 17.8 Å². The first-order chi connectivity index (χ1) is 20.8. The van der Waals surface area contributed by atoms with Gasteiger partial charge in [0.05, 0.1) is 36.3 Å². The van der Waals surface area contributed by atoms with E-state index in [0.29, 0.717) is 36.3 Å². The lowest BCUT2D eigenvalue weighted by Crippen LogP contribution is -2.50. The van der Waals surface area contributed by atoms with E-state index >= 15 is 4.57 Å². The van der Waals surface area contributed by atoms with E-state index in [9.17, 15) is 26.3 Å². The van der Waals surface area contributed by atoms with Crippen molar-refractivity contribution in [3.05, 3.63) is 60.7 Å². The Morgan fingerprint density at radius 2 is 1.00 bits per heavy atom. The van der Waals surface area contributed by atoms with Crippen LogP contribution in [0.25, 0.3) is 0 Å². The fraction of sp³-hybridized carbons (Fsp3) is 0.625. The van der Waals surface area contributed by atoms with Crippen LogP contribution in [0.15, 0.2) is 60.7 Å². The molecule has 0 radical (unpaired) electrons. The minimum Gasteiger partial charge on any atom is -0.375 e. The summed E-state index contributed by atoms with van der Waals surface area (Å²) in [4.78, 5) is 0. The molecular formula is C32H41F6N2O3P. The molecule has 12 heteroatoms. The van der Waals surface area contributed by atoms with Crippen LogP contribution in [-0.2, 0) is 14.0 Å². The first-order valence-electron chi connectivity index (χ1n) is 15.4. The molecule has 0 heterocycles. The van der Waals surface area contributed by atoms with Crippen LogP contribution >= 0.6 is 7.14 Å². The molecule has 9 unspecified atom stereocenters. The highest BCUT2D eigenvalue weighted by Gasteiger charge is 2.51. The lowest BCUT2D eigenvalue weighted by atomic mass is 9.82. The second-order valence-electron chi connectivity index (χ2n) is 12.6. The van der Waals surface area contributed by atoms with Crippen molar-refractivity contribution in [1.29, 1.82) is 0 Å². The summed E-state index contributed by atoms with van der Waals surface area (Å²) < 4.78 is 111. The Labute approximate surface area is 254 Å². The monoisotopic (exact) mass is 646 g/mol. The minimum atomic E-state index is -4.47. The van der Waals surface area contributed by atoms with Crippen molar-refractivity contribution in [3.63, 3.8) is 0 Å². The maximum atomic E-state index is 15.3. The Bertz CT molecular complexity index is 1220. The van der Waals surface area contributed by atoms with E-state index in [0.717, 1.165) is 0 Å². The molecule has 2 aromatic carbocycles. The van der Waals surface area contributed by atoms with Gasteiger partial charge in [-0.2, -0.15) is 26.3 Å². The third kappa shape index (κ3) is 7.38. The summed E-state index contributed by atoms with van der Waals surface area (Å²) in [5.74, 6) is -3.37. The number of hydrogen-bond donors (Lipinski definition) is 2. The maximum absolute atomic E-state index is 15.3. The molecule has 0 bridgehead atoms. The molecule has 44 heavy (non-hydrogen) atoms. The van der Waals surface area contributed by atoms with Crippen molar-refractivity contribution in [2.24, 2.45) is 23.3 Å². The highest BCUT2D eigenvalue weighted by Crippen LogP contribution is 2.55. The highest BCUT2D eigenvalue weighted by molar-refractivity contribution is 7.79. The van der Waals surface area contributed by atoms with Gasteiger partial charge in [-0.25, -0.2) is 0 Å². The summed E-state index contributed by atoms with van der Waals surface area (Å²) in [6.45, 7) is 0. The topological polar surface area (TPSA) is 87.6 Å². The van der Waals surface area contributed by atoms with E-state index in [2.05, 4.69) is 0 Å². The van der Waals surface area contributed by atoms with Gasteiger partial charge in [0, 0.05) is 34.8 Å². The second-order valence-corrected chi connectivity index (χ2v) is 15.6. The van der Waals surface area contributed by atoms with E-state index in [1.54, 1.807) is 48.5 Å². The third-order valence-electron chi connectivity index (χ3n) is 9.76. The first kappa shape index (κ1) is 33.5. The van der Waals surface area contributed by atoms with Gasteiger partial charge >= 0.3 is 12.4 Å². The molecule has 3 fully saturated rings. The summed E-state index contributed by atoms with van der Waals surface area (Å²) in [5.41, 5.74) is 11.1.